The van der Waals surface area contributed by atoms with Gasteiger partial charge in [-0.1, -0.05) is 27.2 Å². The molecule has 0 saturated carbocycles. The van der Waals surface area contributed by atoms with Gasteiger partial charge in [-0.25, -0.2) is 0 Å². The second kappa shape index (κ2) is 5.96. The Balaban J connectivity index is 3.11. The van der Waals surface area contributed by atoms with Gasteiger partial charge in [-0.2, -0.15) is 0 Å². The van der Waals surface area contributed by atoms with Crippen LogP contribution in [0.3, 0.4) is 0 Å². The molecule has 0 aliphatic carbocycles. The summed E-state index contributed by atoms with van der Waals surface area (Å²) >= 11 is 0. The van der Waals surface area contributed by atoms with Crippen LogP contribution in [0.1, 0.15) is 38.7 Å². The smallest absolute Gasteiger partial charge is 0.161 e. The number of aliphatic hydroxyl groups is 1. The highest BCUT2D eigenvalue weighted by Crippen LogP contribution is 2.40. The van der Waals surface area contributed by atoms with Crippen LogP contribution in [-0.4, -0.2) is 28.5 Å². The van der Waals surface area contributed by atoms with E-state index in [1.165, 1.54) is 13.2 Å². The average Bonchev–Trinajstić information content (AvgIpc) is 2.38. The topological polar surface area (TPSA) is 69.9 Å². The predicted octanol–water partition coefficient (Wildman–Crippen LogP) is 2.62. The number of rotatable bonds is 5. The van der Waals surface area contributed by atoms with E-state index in [0.29, 0.717) is 11.3 Å². The maximum Gasteiger partial charge on any atom is 0.161 e. The second-order valence-electron chi connectivity index (χ2n) is 4.75. The third-order valence-electron chi connectivity index (χ3n) is 3.56. The molecule has 0 aromatic heterocycles. The molecule has 3 N–H and O–H groups in total. The molecule has 1 aromatic carbocycles. The summed E-state index contributed by atoms with van der Waals surface area (Å²) in [7, 11) is 1.49. The minimum atomic E-state index is -0.576. The van der Waals surface area contributed by atoms with Gasteiger partial charge in [0, 0.05) is 17.5 Å². The molecule has 18 heavy (non-hydrogen) atoms. The van der Waals surface area contributed by atoms with Crippen LogP contribution in [0.5, 0.6) is 17.2 Å². The largest absolute Gasteiger partial charge is 0.504 e. The Kier molecular flexibility index (Phi) is 4.84. The first kappa shape index (κ1) is 14.6. The zero-order chi connectivity index (χ0) is 13.9. The zero-order valence-electron chi connectivity index (χ0n) is 11.3. The molecule has 0 radical (unpaired) electrons. The van der Waals surface area contributed by atoms with E-state index in [2.05, 4.69) is 0 Å². The van der Waals surface area contributed by atoms with Crippen molar-refractivity contribution in [3.63, 3.8) is 0 Å². The fraction of sp³-hybridized carbons (Fsp3) is 0.571. The summed E-state index contributed by atoms with van der Waals surface area (Å²) in [5.41, 5.74) is 0.500. The highest BCUT2D eigenvalue weighted by Gasteiger charge is 2.25. The molecule has 0 aliphatic heterocycles. The molecule has 0 unspecified atom stereocenters. The number of hydrogen-bond donors (Lipinski definition) is 3. The molecule has 0 bridgehead atoms. The highest BCUT2D eigenvalue weighted by atomic mass is 16.5. The van der Waals surface area contributed by atoms with E-state index in [1.54, 1.807) is 6.07 Å². The minimum Gasteiger partial charge on any atom is -0.504 e. The number of benzene rings is 1. The van der Waals surface area contributed by atoms with Crippen LogP contribution in [0.4, 0.5) is 0 Å². The molecule has 4 nitrogen and oxygen atoms in total. The lowest BCUT2D eigenvalue weighted by molar-refractivity contribution is 0.0908. The highest BCUT2D eigenvalue weighted by molar-refractivity contribution is 5.51. The SMILES string of the molecule is CC[C@H](C)[C@@H](O)[C@@H](C)c1cc(OC)cc(O)c1O. The number of phenolic OH excluding ortho intramolecular Hbond substituents is 2. The summed E-state index contributed by atoms with van der Waals surface area (Å²) in [6.45, 7) is 5.78. The summed E-state index contributed by atoms with van der Waals surface area (Å²) in [4.78, 5) is 0. The van der Waals surface area contributed by atoms with Crippen molar-refractivity contribution in [3.05, 3.63) is 17.7 Å². The lowest BCUT2D eigenvalue weighted by Crippen LogP contribution is -2.23. The maximum atomic E-state index is 10.2. The molecule has 4 heteroatoms. The molecule has 1 rings (SSSR count). The summed E-state index contributed by atoms with van der Waals surface area (Å²) in [5, 5.41) is 29.7. The third-order valence-corrected chi connectivity index (χ3v) is 3.56. The lowest BCUT2D eigenvalue weighted by Gasteiger charge is -2.25. The molecular formula is C14H22O4. The van der Waals surface area contributed by atoms with Crippen LogP contribution >= 0.6 is 0 Å². The zero-order valence-corrected chi connectivity index (χ0v) is 11.3. The van der Waals surface area contributed by atoms with Crippen LogP contribution in [-0.2, 0) is 0 Å². The van der Waals surface area contributed by atoms with Gasteiger partial charge in [0.1, 0.15) is 5.75 Å². The average molecular weight is 254 g/mol. The van der Waals surface area contributed by atoms with E-state index in [9.17, 15) is 15.3 Å². The molecule has 0 spiro atoms. The summed E-state index contributed by atoms with van der Waals surface area (Å²) in [6, 6.07) is 2.99. The van der Waals surface area contributed by atoms with Crippen molar-refractivity contribution < 1.29 is 20.1 Å². The standard InChI is InChI=1S/C14H22O4/c1-5-8(2)13(16)9(3)11-6-10(18-4)7-12(15)14(11)17/h6-9,13,15-17H,5H2,1-4H3/t8-,9-,13+/m0/s1. The van der Waals surface area contributed by atoms with E-state index >= 15 is 0 Å². The minimum absolute atomic E-state index is 0.118. The van der Waals surface area contributed by atoms with Crippen molar-refractivity contribution in [2.24, 2.45) is 5.92 Å². The normalized spacial score (nSPS) is 16.1. The Morgan fingerprint density at radius 1 is 1.22 bits per heavy atom. The quantitative estimate of drug-likeness (QED) is 0.706. The summed E-state index contributed by atoms with van der Waals surface area (Å²) in [5.74, 6) is -0.115. The van der Waals surface area contributed by atoms with Gasteiger partial charge in [-0.15, -0.1) is 0 Å². The number of hydrogen-bond acceptors (Lipinski definition) is 4. The maximum absolute atomic E-state index is 10.2. The number of aromatic hydroxyl groups is 2. The number of methoxy groups -OCH3 is 1. The molecule has 0 saturated heterocycles. The molecule has 0 fully saturated rings. The predicted molar refractivity (Wildman–Crippen MR) is 70.2 cm³/mol. The van der Waals surface area contributed by atoms with Gasteiger partial charge in [0.2, 0.25) is 0 Å². The third kappa shape index (κ3) is 2.88. The number of ether oxygens (including phenoxy) is 1. The molecule has 102 valence electrons. The molecule has 1 aromatic rings. The van der Waals surface area contributed by atoms with Gasteiger partial charge in [0.05, 0.1) is 13.2 Å². The van der Waals surface area contributed by atoms with Gasteiger partial charge < -0.3 is 20.1 Å². The van der Waals surface area contributed by atoms with Crippen molar-refractivity contribution >= 4 is 0 Å². The second-order valence-corrected chi connectivity index (χ2v) is 4.75. The van der Waals surface area contributed by atoms with Crippen molar-refractivity contribution in [2.75, 3.05) is 7.11 Å². The first-order valence-corrected chi connectivity index (χ1v) is 6.20. The van der Waals surface area contributed by atoms with Gasteiger partial charge >= 0.3 is 0 Å². The molecule has 0 heterocycles. The Morgan fingerprint density at radius 3 is 2.33 bits per heavy atom. The molecule has 3 atom stereocenters. The first-order chi connectivity index (χ1) is 8.42. The van der Waals surface area contributed by atoms with E-state index in [1.807, 2.05) is 20.8 Å². The summed E-state index contributed by atoms with van der Waals surface area (Å²) in [6.07, 6.45) is 0.273. The van der Waals surface area contributed by atoms with Gasteiger partial charge in [0.25, 0.3) is 0 Å². The lowest BCUT2D eigenvalue weighted by atomic mass is 9.86. The Hall–Kier alpha value is -1.42. The monoisotopic (exact) mass is 254 g/mol. The Morgan fingerprint density at radius 2 is 1.83 bits per heavy atom. The van der Waals surface area contributed by atoms with Crippen LogP contribution in [0.2, 0.25) is 0 Å². The van der Waals surface area contributed by atoms with E-state index in [0.717, 1.165) is 6.42 Å². The van der Waals surface area contributed by atoms with Crippen molar-refractivity contribution in [2.45, 2.75) is 39.2 Å². The van der Waals surface area contributed by atoms with E-state index < -0.39 is 6.10 Å². The molecule has 0 aliphatic rings. The number of aliphatic hydroxyl groups excluding tert-OH is 1. The molecular weight excluding hydrogens is 232 g/mol. The van der Waals surface area contributed by atoms with Crippen LogP contribution < -0.4 is 4.74 Å². The van der Waals surface area contributed by atoms with Gasteiger partial charge in [0.15, 0.2) is 11.5 Å². The van der Waals surface area contributed by atoms with Crippen LogP contribution in [0.15, 0.2) is 12.1 Å². The fourth-order valence-corrected chi connectivity index (χ4v) is 2.00. The van der Waals surface area contributed by atoms with Crippen molar-refractivity contribution in [3.8, 4) is 17.2 Å². The van der Waals surface area contributed by atoms with Gasteiger partial charge in [-0.05, 0) is 12.0 Å². The van der Waals surface area contributed by atoms with E-state index in [4.69, 9.17) is 4.74 Å². The van der Waals surface area contributed by atoms with Crippen molar-refractivity contribution in [1.29, 1.82) is 0 Å². The van der Waals surface area contributed by atoms with E-state index in [-0.39, 0.29) is 23.3 Å². The van der Waals surface area contributed by atoms with Crippen LogP contribution in [0, 0.1) is 5.92 Å². The van der Waals surface area contributed by atoms with Crippen molar-refractivity contribution in [1.82, 2.24) is 0 Å². The van der Waals surface area contributed by atoms with Crippen LogP contribution in [0.25, 0.3) is 0 Å². The van der Waals surface area contributed by atoms with Gasteiger partial charge in [-0.3, -0.25) is 0 Å². The number of phenols is 2. The fourth-order valence-electron chi connectivity index (χ4n) is 2.00. The summed E-state index contributed by atoms with van der Waals surface area (Å²) < 4.78 is 5.05. The first-order valence-electron chi connectivity index (χ1n) is 6.20. The molecule has 0 amide bonds. The Bertz CT molecular complexity index is 403. The Labute approximate surface area is 108 Å².